The van der Waals surface area contributed by atoms with Gasteiger partial charge >= 0.3 is 5.97 Å². The molecule has 8 rings (SSSR count). The summed E-state index contributed by atoms with van der Waals surface area (Å²) in [7, 11) is 0.271. The number of anilines is 1. The van der Waals surface area contributed by atoms with E-state index in [4.69, 9.17) is 42.5 Å². The van der Waals surface area contributed by atoms with Gasteiger partial charge in [-0.15, -0.1) is 0 Å². The molecule has 1 N–H and O–H groups in total. The number of halogens is 2. The summed E-state index contributed by atoms with van der Waals surface area (Å²) in [6.45, 7) is 18.9. The highest BCUT2D eigenvalue weighted by Gasteiger charge is 2.38. The highest BCUT2D eigenvalue weighted by molar-refractivity contribution is 6.76. The van der Waals surface area contributed by atoms with Gasteiger partial charge < -0.3 is 33.4 Å². The maximum Gasteiger partial charge on any atom is 0.352 e. The number of pyridine rings is 1. The SMILES string of the molecule is COc1ccc(N2C[C@@H](C)n3c(c(CCCOc4cc(C)c(Cl)c(C)c4)c4ccc(Cl)c(-c5c(C)nn(COCC[Si](C)(C)C)c5C)c43)C2=O)c2c1cc(C(=O)O)n2Cc1ccccn1. The van der Waals surface area contributed by atoms with E-state index >= 15 is 4.79 Å². The van der Waals surface area contributed by atoms with Crippen LogP contribution in [0.4, 0.5) is 5.69 Å². The van der Waals surface area contributed by atoms with Crippen molar-refractivity contribution in [2.75, 3.05) is 31.8 Å². The zero-order valence-corrected chi connectivity index (χ0v) is 41.0. The number of amides is 1. The fraction of sp³-hybridized carbons (Fsp3) is 0.360. The van der Waals surface area contributed by atoms with Gasteiger partial charge in [-0.25, -0.2) is 9.48 Å². The maximum absolute atomic E-state index is 15.6. The van der Waals surface area contributed by atoms with Gasteiger partial charge in [0, 0.05) is 66.1 Å². The number of aromatic nitrogens is 5. The molecular weight excluding hydrogens is 880 g/mol. The zero-order chi connectivity index (χ0) is 46.5. The van der Waals surface area contributed by atoms with Crippen molar-refractivity contribution in [3.8, 4) is 22.6 Å². The molecule has 15 heteroatoms. The van der Waals surface area contributed by atoms with Gasteiger partial charge in [-0.05, 0) is 119 Å². The minimum atomic E-state index is -1.28. The number of rotatable bonds is 16. The molecule has 5 heterocycles. The predicted molar refractivity (Wildman–Crippen MR) is 262 cm³/mol. The number of hydrogen-bond acceptors (Lipinski definition) is 7. The van der Waals surface area contributed by atoms with Gasteiger partial charge in [0.2, 0.25) is 0 Å². The molecule has 1 amide bonds. The Kier molecular flexibility index (Phi) is 13.0. The Bertz CT molecular complexity index is 2950. The molecular formula is C50H56Cl2N6O6Si. The molecule has 0 unspecified atom stereocenters. The third-order valence-electron chi connectivity index (χ3n) is 12.4. The first-order chi connectivity index (χ1) is 31.0. The van der Waals surface area contributed by atoms with Gasteiger partial charge in [0.25, 0.3) is 5.91 Å². The van der Waals surface area contributed by atoms with E-state index in [9.17, 15) is 9.90 Å². The molecule has 0 bridgehead atoms. The van der Waals surface area contributed by atoms with E-state index < -0.39 is 14.0 Å². The highest BCUT2D eigenvalue weighted by atomic mass is 35.5. The van der Waals surface area contributed by atoms with E-state index in [0.717, 1.165) is 66.9 Å². The number of ether oxygens (including phenoxy) is 3. The molecule has 0 spiro atoms. The van der Waals surface area contributed by atoms with Crippen LogP contribution in [-0.4, -0.2) is 75.8 Å². The Labute approximate surface area is 390 Å². The first kappa shape index (κ1) is 45.9. The van der Waals surface area contributed by atoms with E-state index in [0.29, 0.717) is 78.1 Å². The number of carboxylic acids is 1. The average molecular weight is 936 g/mol. The minimum absolute atomic E-state index is 0.0572. The lowest BCUT2D eigenvalue weighted by atomic mass is 9.98. The lowest BCUT2D eigenvalue weighted by molar-refractivity contribution is 0.0686. The number of carbonyl (C=O) groups excluding carboxylic acids is 1. The fourth-order valence-electron chi connectivity index (χ4n) is 9.24. The predicted octanol–water partition coefficient (Wildman–Crippen LogP) is 11.7. The van der Waals surface area contributed by atoms with Crippen molar-refractivity contribution < 1.29 is 28.9 Å². The summed E-state index contributed by atoms with van der Waals surface area (Å²) in [5.41, 5.74) is 9.50. The summed E-state index contributed by atoms with van der Waals surface area (Å²) >= 11 is 13.8. The number of aromatic carboxylic acids is 1. The molecule has 0 radical (unpaired) electrons. The second-order valence-corrected chi connectivity index (χ2v) is 24.7. The summed E-state index contributed by atoms with van der Waals surface area (Å²) < 4.78 is 24.0. The number of carbonyl (C=O) groups is 2. The lowest BCUT2D eigenvalue weighted by Crippen LogP contribution is -2.43. The van der Waals surface area contributed by atoms with Crippen LogP contribution < -0.4 is 14.4 Å². The molecule has 0 fully saturated rings. The van der Waals surface area contributed by atoms with E-state index in [1.165, 1.54) is 0 Å². The molecule has 65 heavy (non-hydrogen) atoms. The third-order valence-corrected chi connectivity index (χ3v) is 15.0. The van der Waals surface area contributed by atoms with Crippen LogP contribution in [0.25, 0.3) is 32.9 Å². The van der Waals surface area contributed by atoms with Crippen molar-refractivity contribution in [1.29, 1.82) is 0 Å². The highest BCUT2D eigenvalue weighted by Crippen LogP contribution is 2.46. The van der Waals surface area contributed by atoms with Crippen molar-refractivity contribution in [1.82, 2.24) is 23.9 Å². The van der Waals surface area contributed by atoms with Crippen LogP contribution in [-0.2, 0) is 24.4 Å². The van der Waals surface area contributed by atoms with Gasteiger partial charge in [0.05, 0.1) is 53.4 Å². The van der Waals surface area contributed by atoms with Crippen molar-refractivity contribution >= 4 is 70.6 Å². The second kappa shape index (κ2) is 18.3. The standard InChI is InChI=1S/C50H56Cl2N6O6Si/c1-29-23-35(24-30(2)45(29)52)64-20-12-14-36-37-15-16-39(51)44(43-32(4)54-57(33(43)5)28-63-21-22-65(7,8)9)47(37)58-31(3)26-56(49(59)48(36)58)40-17-18-42(62-6)38-25-41(50(60)61)55(46(38)40)27-34-13-10-11-19-53-34/h10-11,13,15-19,23-25,31H,12,14,20-22,26-28H2,1-9H3,(H,60,61)/t31-/m1/s1. The van der Waals surface area contributed by atoms with Gasteiger partial charge in [0.15, 0.2) is 0 Å². The molecule has 1 aliphatic heterocycles. The number of nitrogens with zero attached hydrogens (tertiary/aromatic N) is 6. The molecule has 0 aliphatic carbocycles. The number of carboxylic acid groups (broad SMARTS) is 1. The van der Waals surface area contributed by atoms with E-state index in [1.54, 1.807) is 34.9 Å². The normalized spacial score (nSPS) is 14.2. The van der Waals surface area contributed by atoms with Crippen LogP contribution in [0.1, 0.15) is 74.1 Å². The number of aryl methyl sites for hydroxylation is 4. The van der Waals surface area contributed by atoms with Gasteiger partial charge in [-0.3, -0.25) is 9.78 Å². The smallest absolute Gasteiger partial charge is 0.352 e. The fourth-order valence-corrected chi connectivity index (χ4v) is 10.4. The molecule has 1 aliphatic rings. The molecule has 4 aromatic heterocycles. The van der Waals surface area contributed by atoms with Crippen LogP contribution in [0.3, 0.4) is 0 Å². The van der Waals surface area contributed by atoms with Gasteiger partial charge in [-0.1, -0.05) is 55.0 Å². The van der Waals surface area contributed by atoms with Crippen molar-refractivity contribution in [2.45, 2.75) is 92.5 Å². The van der Waals surface area contributed by atoms with Gasteiger partial charge in [-0.2, -0.15) is 5.10 Å². The Hall–Kier alpha value is -5.60. The number of hydrogen-bond donors (Lipinski definition) is 1. The van der Waals surface area contributed by atoms with Crippen LogP contribution in [0.2, 0.25) is 35.7 Å². The first-order valence-corrected chi connectivity index (χ1v) is 26.5. The summed E-state index contributed by atoms with van der Waals surface area (Å²) in [5, 5.41) is 18.3. The lowest BCUT2D eigenvalue weighted by Gasteiger charge is -2.35. The molecule has 7 aromatic rings. The zero-order valence-electron chi connectivity index (χ0n) is 38.5. The van der Waals surface area contributed by atoms with E-state index in [1.807, 2.05) is 80.9 Å². The molecule has 3 aromatic carbocycles. The number of benzene rings is 3. The van der Waals surface area contributed by atoms with Gasteiger partial charge in [0.1, 0.15) is 29.6 Å². The van der Waals surface area contributed by atoms with Crippen LogP contribution in [0.15, 0.2) is 66.9 Å². The third kappa shape index (κ3) is 8.79. The number of fused-ring (bicyclic) bond motifs is 4. The summed E-state index contributed by atoms with van der Waals surface area (Å²) in [6, 6.07) is 19.4. The summed E-state index contributed by atoms with van der Waals surface area (Å²) in [4.78, 5) is 34.8. The van der Waals surface area contributed by atoms with E-state index in [2.05, 4.69) is 36.1 Å². The Morgan fingerprint density at radius 2 is 1.69 bits per heavy atom. The number of methoxy groups -OCH3 is 1. The molecule has 1 atom stereocenters. The monoisotopic (exact) mass is 934 g/mol. The summed E-state index contributed by atoms with van der Waals surface area (Å²) in [6.07, 6.45) is 2.81. The maximum atomic E-state index is 15.6. The second-order valence-electron chi connectivity index (χ2n) is 18.3. The van der Waals surface area contributed by atoms with Crippen molar-refractivity contribution in [3.05, 3.63) is 122 Å². The molecule has 0 saturated carbocycles. The van der Waals surface area contributed by atoms with Crippen molar-refractivity contribution in [3.63, 3.8) is 0 Å². The van der Waals surface area contributed by atoms with Crippen LogP contribution >= 0.6 is 23.2 Å². The topological polar surface area (TPSA) is 126 Å². The Morgan fingerprint density at radius 1 is 0.938 bits per heavy atom. The van der Waals surface area contributed by atoms with E-state index in [-0.39, 0.29) is 24.2 Å². The molecule has 0 saturated heterocycles. The summed E-state index contributed by atoms with van der Waals surface area (Å²) in [5.74, 6) is -0.0801. The minimum Gasteiger partial charge on any atom is -0.496 e. The first-order valence-electron chi connectivity index (χ1n) is 22.0. The van der Waals surface area contributed by atoms with Crippen molar-refractivity contribution in [2.24, 2.45) is 0 Å². The largest absolute Gasteiger partial charge is 0.496 e. The molecule has 340 valence electrons. The van der Waals surface area contributed by atoms with Crippen LogP contribution in [0.5, 0.6) is 11.5 Å². The molecule has 12 nitrogen and oxygen atoms in total. The van der Waals surface area contributed by atoms with Crippen LogP contribution in [0, 0.1) is 27.7 Å². The average Bonchev–Trinajstić information content (AvgIpc) is 3.90. The Balaban J connectivity index is 1.27. The Morgan fingerprint density at radius 3 is 2.37 bits per heavy atom. The quantitative estimate of drug-likeness (QED) is 0.0750.